The topological polar surface area (TPSA) is 29.3 Å². The Morgan fingerprint density at radius 2 is 2.13 bits per heavy atom. The van der Waals surface area contributed by atoms with Crippen molar-refractivity contribution in [3.8, 4) is 0 Å². The lowest BCUT2D eigenvalue weighted by atomic mass is 9.95. The van der Waals surface area contributed by atoms with E-state index < -0.39 is 0 Å². The van der Waals surface area contributed by atoms with Gasteiger partial charge >= 0.3 is 0 Å². The first-order chi connectivity index (χ1) is 7.06. The molecule has 3 heteroatoms. The second-order valence-electron chi connectivity index (χ2n) is 4.53. The molecule has 0 aliphatic rings. The molecule has 0 fully saturated rings. The first-order valence-electron chi connectivity index (χ1n) is 5.51. The van der Waals surface area contributed by atoms with E-state index in [1.54, 1.807) is 11.3 Å². The summed E-state index contributed by atoms with van der Waals surface area (Å²) in [5, 5.41) is 3.52. The zero-order valence-electron chi connectivity index (χ0n) is 10.2. The van der Waals surface area contributed by atoms with Crippen molar-refractivity contribution in [2.75, 3.05) is 25.0 Å². The van der Waals surface area contributed by atoms with Crippen molar-refractivity contribution < 1.29 is 0 Å². The van der Waals surface area contributed by atoms with E-state index in [-0.39, 0.29) is 0 Å². The van der Waals surface area contributed by atoms with Crippen LogP contribution in [0.25, 0.3) is 0 Å². The Kier molecular flexibility index (Phi) is 4.61. The van der Waals surface area contributed by atoms with Gasteiger partial charge in [-0.25, -0.2) is 0 Å². The van der Waals surface area contributed by atoms with E-state index in [9.17, 15) is 0 Å². The lowest BCUT2D eigenvalue weighted by Crippen LogP contribution is -2.33. The van der Waals surface area contributed by atoms with Gasteiger partial charge < -0.3 is 10.6 Å². The molecule has 1 aromatic heterocycles. The van der Waals surface area contributed by atoms with E-state index in [0.717, 1.165) is 13.1 Å². The molecule has 0 radical (unpaired) electrons. The summed E-state index contributed by atoms with van der Waals surface area (Å²) in [6, 6.07) is 2.17. The van der Waals surface area contributed by atoms with Crippen LogP contribution in [0.15, 0.2) is 11.4 Å². The minimum Gasteiger partial charge on any atom is -0.366 e. The van der Waals surface area contributed by atoms with Crippen LogP contribution in [0.3, 0.4) is 0 Å². The molecule has 0 aromatic carbocycles. The van der Waals surface area contributed by atoms with Gasteiger partial charge in [-0.3, -0.25) is 0 Å². The Labute approximate surface area is 97.1 Å². The number of aryl methyl sites for hydroxylation is 1. The van der Waals surface area contributed by atoms with Gasteiger partial charge in [-0.2, -0.15) is 0 Å². The molecule has 0 saturated heterocycles. The SMILES string of the molecule is Cc1ccsc1N(C)CC(CN)C(C)C. The third kappa shape index (κ3) is 3.21. The van der Waals surface area contributed by atoms with Gasteiger partial charge in [0.05, 0.1) is 5.00 Å². The Morgan fingerprint density at radius 1 is 1.47 bits per heavy atom. The van der Waals surface area contributed by atoms with Gasteiger partial charge in [0.1, 0.15) is 0 Å². The Balaban J connectivity index is 2.62. The fourth-order valence-corrected chi connectivity index (χ4v) is 2.66. The summed E-state index contributed by atoms with van der Waals surface area (Å²) in [4.78, 5) is 2.33. The van der Waals surface area contributed by atoms with Crippen LogP contribution in [0.4, 0.5) is 5.00 Å². The van der Waals surface area contributed by atoms with Gasteiger partial charge in [0.15, 0.2) is 0 Å². The minimum absolute atomic E-state index is 0.580. The summed E-state index contributed by atoms with van der Waals surface area (Å²) in [6.07, 6.45) is 0. The lowest BCUT2D eigenvalue weighted by Gasteiger charge is -2.26. The molecule has 15 heavy (non-hydrogen) atoms. The van der Waals surface area contributed by atoms with Crippen LogP contribution in [0.5, 0.6) is 0 Å². The van der Waals surface area contributed by atoms with E-state index in [1.807, 2.05) is 0 Å². The molecular weight excluding hydrogens is 204 g/mol. The zero-order chi connectivity index (χ0) is 11.4. The molecule has 0 amide bonds. The highest BCUT2D eigenvalue weighted by molar-refractivity contribution is 7.14. The van der Waals surface area contributed by atoms with Gasteiger partial charge in [-0.15, -0.1) is 11.3 Å². The second-order valence-corrected chi connectivity index (χ2v) is 5.42. The van der Waals surface area contributed by atoms with Crippen LogP contribution in [-0.4, -0.2) is 20.1 Å². The van der Waals surface area contributed by atoms with Crippen molar-refractivity contribution in [3.05, 3.63) is 17.0 Å². The van der Waals surface area contributed by atoms with Crippen molar-refractivity contribution in [1.82, 2.24) is 0 Å². The molecule has 1 rings (SSSR count). The number of rotatable bonds is 5. The molecule has 0 spiro atoms. The zero-order valence-corrected chi connectivity index (χ0v) is 11.0. The van der Waals surface area contributed by atoms with Gasteiger partial charge in [-0.05, 0) is 42.3 Å². The number of thiophene rings is 1. The van der Waals surface area contributed by atoms with Crippen molar-refractivity contribution in [2.45, 2.75) is 20.8 Å². The van der Waals surface area contributed by atoms with Crippen LogP contribution in [0, 0.1) is 18.8 Å². The number of hydrogen-bond donors (Lipinski definition) is 1. The number of hydrogen-bond acceptors (Lipinski definition) is 3. The summed E-state index contributed by atoms with van der Waals surface area (Å²) < 4.78 is 0. The Bertz CT molecular complexity index is 294. The predicted octanol–water partition coefficient (Wildman–Crippen LogP) is 2.72. The maximum atomic E-state index is 5.79. The normalized spacial score (nSPS) is 13.2. The van der Waals surface area contributed by atoms with Gasteiger partial charge in [0.2, 0.25) is 0 Å². The Hall–Kier alpha value is -0.540. The summed E-state index contributed by atoms with van der Waals surface area (Å²) in [6.45, 7) is 8.47. The van der Waals surface area contributed by atoms with Crippen molar-refractivity contribution in [3.63, 3.8) is 0 Å². The quantitative estimate of drug-likeness (QED) is 0.836. The summed E-state index contributed by atoms with van der Waals surface area (Å²) in [7, 11) is 2.16. The van der Waals surface area contributed by atoms with Gasteiger partial charge in [0, 0.05) is 13.6 Å². The molecule has 1 heterocycles. The predicted molar refractivity (Wildman–Crippen MR) is 69.7 cm³/mol. The summed E-state index contributed by atoms with van der Waals surface area (Å²) in [5.41, 5.74) is 7.15. The molecule has 1 aromatic rings. The average Bonchev–Trinajstić information content (AvgIpc) is 2.60. The van der Waals surface area contributed by atoms with E-state index >= 15 is 0 Å². The Morgan fingerprint density at radius 3 is 2.53 bits per heavy atom. The smallest absolute Gasteiger partial charge is 0.0935 e. The second kappa shape index (κ2) is 5.52. The number of nitrogens with zero attached hydrogens (tertiary/aromatic N) is 1. The van der Waals surface area contributed by atoms with Crippen LogP contribution < -0.4 is 10.6 Å². The maximum Gasteiger partial charge on any atom is 0.0935 e. The molecular formula is C12H22N2S. The average molecular weight is 226 g/mol. The molecule has 2 N–H and O–H groups in total. The van der Waals surface area contributed by atoms with E-state index in [0.29, 0.717) is 11.8 Å². The third-order valence-corrected chi connectivity index (χ3v) is 4.06. The van der Waals surface area contributed by atoms with Crippen LogP contribution in [0.2, 0.25) is 0 Å². The highest BCUT2D eigenvalue weighted by Crippen LogP contribution is 2.27. The van der Waals surface area contributed by atoms with Crippen molar-refractivity contribution in [2.24, 2.45) is 17.6 Å². The molecule has 2 nitrogen and oxygen atoms in total. The number of nitrogens with two attached hydrogens (primary N) is 1. The van der Waals surface area contributed by atoms with E-state index in [2.05, 4.69) is 44.2 Å². The number of anilines is 1. The minimum atomic E-state index is 0.580. The molecule has 1 unspecified atom stereocenters. The van der Waals surface area contributed by atoms with Crippen LogP contribution >= 0.6 is 11.3 Å². The lowest BCUT2D eigenvalue weighted by molar-refractivity contribution is 0.398. The molecule has 0 aliphatic heterocycles. The fraction of sp³-hybridized carbons (Fsp3) is 0.667. The molecule has 0 bridgehead atoms. The third-order valence-electron chi connectivity index (χ3n) is 2.94. The largest absolute Gasteiger partial charge is 0.366 e. The van der Waals surface area contributed by atoms with Crippen molar-refractivity contribution >= 4 is 16.3 Å². The summed E-state index contributed by atoms with van der Waals surface area (Å²) >= 11 is 1.81. The highest BCUT2D eigenvalue weighted by Gasteiger charge is 2.15. The van der Waals surface area contributed by atoms with Gasteiger partial charge in [-0.1, -0.05) is 13.8 Å². The monoisotopic (exact) mass is 226 g/mol. The van der Waals surface area contributed by atoms with Crippen molar-refractivity contribution in [1.29, 1.82) is 0 Å². The summed E-state index contributed by atoms with van der Waals surface area (Å²) in [5.74, 6) is 1.23. The van der Waals surface area contributed by atoms with Gasteiger partial charge in [0.25, 0.3) is 0 Å². The highest BCUT2D eigenvalue weighted by atomic mass is 32.1. The van der Waals surface area contributed by atoms with Crippen LogP contribution in [-0.2, 0) is 0 Å². The fourth-order valence-electron chi connectivity index (χ4n) is 1.75. The first kappa shape index (κ1) is 12.5. The molecule has 0 saturated carbocycles. The maximum absolute atomic E-state index is 5.79. The molecule has 0 aliphatic carbocycles. The molecule has 86 valence electrons. The first-order valence-corrected chi connectivity index (χ1v) is 6.39. The van der Waals surface area contributed by atoms with E-state index in [1.165, 1.54) is 10.6 Å². The standard InChI is InChI=1S/C12H22N2S/c1-9(2)11(7-13)8-14(4)12-10(3)5-6-15-12/h5-6,9,11H,7-8,13H2,1-4H3. The van der Waals surface area contributed by atoms with Crippen LogP contribution in [0.1, 0.15) is 19.4 Å². The molecule has 1 atom stereocenters. The van der Waals surface area contributed by atoms with E-state index in [4.69, 9.17) is 5.73 Å².